The van der Waals surface area contributed by atoms with E-state index < -0.39 is 5.97 Å². The zero-order valence-electron chi connectivity index (χ0n) is 12.3. The molecule has 0 saturated heterocycles. The number of nitrogen functional groups attached to an aromatic ring is 1. The molecule has 5 nitrogen and oxygen atoms in total. The van der Waals surface area contributed by atoms with Crippen LogP contribution >= 0.6 is 0 Å². The molecule has 0 aliphatic rings. The number of hydrogen-bond donors (Lipinski definition) is 1. The molecular weight excluding hydrogens is 273 g/mol. The molecule has 1 aromatic carbocycles. The summed E-state index contributed by atoms with van der Waals surface area (Å²) in [6.07, 6.45) is 0. The first-order valence-corrected chi connectivity index (χ1v) is 6.69. The molecular formula is C15H18FN3O2. The van der Waals surface area contributed by atoms with E-state index in [0.29, 0.717) is 23.5 Å². The van der Waals surface area contributed by atoms with Crippen molar-refractivity contribution in [3.05, 3.63) is 46.5 Å². The fourth-order valence-electron chi connectivity index (χ4n) is 2.05. The first-order chi connectivity index (χ1) is 9.93. The quantitative estimate of drug-likeness (QED) is 0.879. The molecule has 21 heavy (non-hydrogen) atoms. The summed E-state index contributed by atoms with van der Waals surface area (Å²) in [5, 5.41) is 4.17. The average molecular weight is 291 g/mol. The summed E-state index contributed by atoms with van der Waals surface area (Å²) in [5.74, 6) is -0.917. The smallest absolute Gasteiger partial charge is 0.359 e. The largest absolute Gasteiger partial charge is 0.456 e. The zero-order valence-corrected chi connectivity index (χ0v) is 12.3. The van der Waals surface area contributed by atoms with Crippen molar-refractivity contribution in [3.8, 4) is 0 Å². The summed E-state index contributed by atoms with van der Waals surface area (Å²) < 4.78 is 20.0. The van der Waals surface area contributed by atoms with Crippen LogP contribution in [0.5, 0.6) is 0 Å². The average Bonchev–Trinajstić information content (AvgIpc) is 2.75. The van der Waals surface area contributed by atoms with Gasteiger partial charge in [-0.1, -0.05) is 6.07 Å². The Morgan fingerprint density at radius 2 is 2.14 bits per heavy atom. The fraction of sp³-hybridized carbons (Fsp3) is 0.333. The zero-order chi connectivity index (χ0) is 15.6. The lowest BCUT2D eigenvalue weighted by Crippen LogP contribution is -2.14. The number of aromatic nitrogens is 2. The van der Waals surface area contributed by atoms with Crippen LogP contribution < -0.4 is 5.73 Å². The van der Waals surface area contributed by atoms with E-state index in [0.717, 1.165) is 5.56 Å². The van der Waals surface area contributed by atoms with E-state index in [1.807, 2.05) is 13.8 Å². The van der Waals surface area contributed by atoms with E-state index in [-0.39, 0.29) is 18.1 Å². The lowest BCUT2D eigenvalue weighted by atomic mass is 10.1. The lowest BCUT2D eigenvalue weighted by Gasteiger charge is -2.09. The number of benzene rings is 1. The number of anilines is 1. The third kappa shape index (κ3) is 3.04. The van der Waals surface area contributed by atoms with Gasteiger partial charge in [0, 0.05) is 6.54 Å². The molecule has 0 aliphatic heterocycles. The number of aryl methyl sites for hydroxylation is 3. The number of carbonyl (C=O) groups excluding carboxylic acids is 1. The minimum Gasteiger partial charge on any atom is -0.456 e. The molecule has 0 bridgehead atoms. The third-order valence-corrected chi connectivity index (χ3v) is 3.34. The Bertz CT molecular complexity index is 680. The van der Waals surface area contributed by atoms with Gasteiger partial charge in [-0.05, 0) is 44.0 Å². The lowest BCUT2D eigenvalue weighted by molar-refractivity contribution is 0.0458. The van der Waals surface area contributed by atoms with Gasteiger partial charge in [-0.15, -0.1) is 0 Å². The topological polar surface area (TPSA) is 70.1 Å². The molecule has 6 heteroatoms. The number of carbonyl (C=O) groups is 1. The number of halogens is 1. The van der Waals surface area contributed by atoms with Gasteiger partial charge < -0.3 is 10.5 Å². The number of rotatable bonds is 4. The molecule has 2 N–H and O–H groups in total. The predicted octanol–water partition coefficient (Wildman–Crippen LogP) is 2.60. The van der Waals surface area contributed by atoms with Crippen LogP contribution in [0.25, 0.3) is 0 Å². The van der Waals surface area contributed by atoms with Gasteiger partial charge in [0.05, 0.1) is 11.4 Å². The van der Waals surface area contributed by atoms with Crippen molar-refractivity contribution in [1.82, 2.24) is 9.78 Å². The minimum atomic E-state index is -0.557. The highest BCUT2D eigenvalue weighted by atomic mass is 19.1. The Labute approximate surface area is 122 Å². The number of esters is 1. The van der Waals surface area contributed by atoms with Crippen molar-refractivity contribution in [3.63, 3.8) is 0 Å². The molecule has 112 valence electrons. The number of nitrogens with two attached hydrogens (primary N) is 1. The van der Waals surface area contributed by atoms with Crippen LogP contribution in [0, 0.1) is 19.7 Å². The summed E-state index contributed by atoms with van der Waals surface area (Å²) in [7, 11) is 0. The van der Waals surface area contributed by atoms with Crippen LogP contribution in [-0.4, -0.2) is 15.7 Å². The van der Waals surface area contributed by atoms with E-state index in [2.05, 4.69) is 5.10 Å². The number of ether oxygens (including phenoxy) is 1. The van der Waals surface area contributed by atoms with E-state index in [9.17, 15) is 9.18 Å². The van der Waals surface area contributed by atoms with Crippen molar-refractivity contribution in [2.75, 3.05) is 5.73 Å². The standard InChI is InChI=1S/C15H18FN3O2/c1-4-19-14(13(17)10(3)18-19)15(20)21-8-11-7-12(16)6-5-9(11)2/h5-7H,4,8,17H2,1-3H3. The first kappa shape index (κ1) is 15.0. The molecule has 2 rings (SSSR count). The van der Waals surface area contributed by atoms with Gasteiger partial charge in [0.15, 0.2) is 5.69 Å². The summed E-state index contributed by atoms with van der Waals surface area (Å²) in [6, 6.07) is 4.37. The molecule has 1 aromatic heterocycles. The number of nitrogens with zero attached hydrogens (tertiary/aromatic N) is 2. The van der Waals surface area contributed by atoms with Crippen molar-refractivity contribution >= 4 is 11.7 Å². The highest BCUT2D eigenvalue weighted by Gasteiger charge is 2.20. The van der Waals surface area contributed by atoms with Crippen LogP contribution in [0.3, 0.4) is 0 Å². The first-order valence-electron chi connectivity index (χ1n) is 6.69. The van der Waals surface area contributed by atoms with Gasteiger partial charge in [-0.2, -0.15) is 5.10 Å². The molecule has 0 spiro atoms. The van der Waals surface area contributed by atoms with Crippen LogP contribution in [0.2, 0.25) is 0 Å². The Hall–Kier alpha value is -2.37. The van der Waals surface area contributed by atoms with Crippen molar-refractivity contribution in [2.45, 2.75) is 33.9 Å². The predicted molar refractivity (Wildman–Crippen MR) is 77.3 cm³/mol. The Morgan fingerprint density at radius 1 is 1.43 bits per heavy atom. The molecule has 2 aromatic rings. The second-order valence-electron chi connectivity index (χ2n) is 4.81. The molecule has 0 amide bonds. The maximum Gasteiger partial charge on any atom is 0.359 e. The van der Waals surface area contributed by atoms with Crippen molar-refractivity contribution in [1.29, 1.82) is 0 Å². The molecule has 1 heterocycles. The SMILES string of the molecule is CCn1nc(C)c(N)c1C(=O)OCc1cc(F)ccc1C. The second kappa shape index (κ2) is 5.95. The normalized spacial score (nSPS) is 10.7. The summed E-state index contributed by atoms with van der Waals surface area (Å²) in [4.78, 5) is 12.2. The Balaban J connectivity index is 2.17. The van der Waals surface area contributed by atoms with Crippen LogP contribution in [0.4, 0.5) is 10.1 Å². The van der Waals surface area contributed by atoms with Crippen LogP contribution in [-0.2, 0) is 17.9 Å². The summed E-state index contributed by atoms with van der Waals surface area (Å²) in [6.45, 7) is 5.93. The van der Waals surface area contributed by atoms with Gasteiger partial charge in [0.2, 0.25) is 0 Å². The molecule has 0 radical (unpaired) electrons. The van der Waals surface area contributed by atoms with Crippen LogP contribution in [0.1, 0.15) is 34.2 Å². The summed E-state index contributed by atoms with van der Waals surface area (Å²) in [5.41, 5.74) is 8.49. The number of hydrogen-bond acceptors (Lipinski definition) is 4. The Morgan fingerprint density at radius 3 is 2.81 bits per heavy atom. The van der Waals surface area contributed by atoms with Crippen molar-refractivity contribution in [2.24, 2.45) is 0 Å². The van der Waals surface area contributed by atoms with E-state index in [4.69, 9.17) is 10.5 Å². The summed E-state index contributed by atoms with van der Waals surface area (Å²) >= 11 is 0. The molecule has 0 fully saturated rings. The molecule has 0 aliphatic carbocycles. The third-order valence-electron chi connectivity index (χ3n) is 3.34. The monoisotopic (exact) mass is 291 g/mol. The van der Waals surface area contributed by atoms with Crippen molar-refractivity contribution < 1.29 is 13.9 Å². The van der Waals surface area contributed by atoms with Gasteiger partial charge in [-0.25, -0.2) is 9.18 Å². The van der Waals surface area contributed by atoms with E-state index >= 15 is 0 Å². The molecule has 0 atom stereocenters. The molecule has 0 unspecified atom stereocenters. The van der Waals surface area contributed by atoms with Gasteiger partial charge in [0.25, 0.3) is 0 Å². The Kier molecular flexibility index (Phi) is 4.26. The molecule has 0 saturated carbocycles. The van der Waals surface area contributed by atoms with Gasteiger partial charge in [-0.3, -0.25) is 4.68 Å². The highest BCUT2D eigenvalue weighted by Crippen LogP contribution is 2.19. The maximum absolute atomic E-state index is 13.2. The van der Waals surface area contributed by atoms with Crippen LogP contribution in [0.15, 0.2) is 18.2 Å². The van der Waals surface area contributed by atoms with Gasteiger partial charge in [0.1, 0.15) is 12.4 Å². The second-order valence-corrected chi connectivity index (χ2v) is 4.81. The van der Waals surface area contributed by atoms with Gasteiger partial charge >= 0.3 is 5.97 Å². The minimum absolute atomic E-state index is 0.00416. The fourth-order valence-corrected chi connectivity index (χ4v) is 2.05. The van der Waals surface area contributed by atoms with E-state index in [1.165, 1.54) is 16.8 Å². The highest BCUT2D eigenvalue weighted by molar-refractivity contribution is 5.93. The van der Waals surface area contributed by atoms with E-state index in [1.54, 1.807) is 13.0 Å². The maximum atomic E-state index is 13.2.